The topological polar surface area (TPSA) is 75.2 Å². The highest BCUT2D eigenvalue weighted by Gasteiger charge is 2.50. The zero-order valence-electron chi connectivity index (χ0n) is 9.77. The van der Waals surface area contributed by atoms with Gasteiger partial charge in [-0.05, 0) is 18.4 Å². The van der Waals surface area contributed by atoms with Crippen LogP contribution in [0.1, 0.15) is 11.5 Å². The molecule has 1 aliphatic rings. The fraction of sp³-hybridized carbons (Fsp3) is 0.333. The molecule has 0 aromatic carbocycles. The minimum Gasteiger partial charge on any atom is -0.480 e. The Morgan fingerprint density at radius 2 is 2.39 bits per heavy atom. The van der Waals surface area contributed by atoms with Gasteiger partial charge in [0.2, 0.25) is 0 Å². The molecule has 1 saturated heterocycles. The number of aromatic nitrogens is 2. The average molecular weight is 264 g/mol. The first-order valence-corrected chi connectivity index (χ1v) is 6.43. The van der Waals surface area contributed by atoms with Crippen LogP contribution in [0.15, 0.2) is 17.5 Å². The fourth-order valence-electron chi connectivity index (χ4n) is 2.01. The van der Waals surface area contributed by atoms with Gasteiger partial charge in [-0.1, -0.05) is 6.07 Å². The molecule has 0 unspecified atom stereocenters. The molecule has 2 aromatic rings. The van der Waals surface area contributed by atoms with Crippen molar-refractivity contribution in [3.63, 3.8) is 0 Å². The van der Waals surface area contributed by atoms with E-state index < -0.39 is 11.4 Å². The lowest BCUT2D eigenvalue weighted by atomic mass is 9.85. The standard InChI is InChI=1S/C12H12N2O3S/c1-7-9(8-3-2-4-18-8)14-10(13-7)12(11(15)16)5-17-6-12/h2-4H,5-6H2,1H3,(H,13,14)(H,15,16). The van der Waals surface area contributed by atoms with Crippen molar-refractivity contribution >= 4 is 17.3 Å². The number of nitrogens with zero attached hydrogens (tertiary/aromatic N) is 1. The van der Waals surface area contributed by atoms with E-state index in [1.807, 2.05) is 24.4 Å². The van der Waals surface area contributed by atoms with Gasteiger partial charge in [-0.25, -0.2) is 4.98 Å². The van der Waals surface area contributed by atoms with Gasteiger partial charge in [0.25, 0.3) is 0 Å². The summed E-state index contributed by atoms with van der Waals surface area (Å²) in [6.45, 7) is 2.26. The molecule has 2 N–H and O–H groups in total. The molecule has 0 saturated carbocycles. The van der Waals surface area contributed by atoms with E-state index in [0.29, 0.717) is 5.82 Å². The quantitative estimate of drug-likeness (QED) is 0.886. The number of imidazole rings is 1. The van der Waals surface area contributed by atoms with Crippen molar-refractivity contribution in [1.82, 2.24) is 9.97 Å². The molecule has 0 aliphatic carbocycles. The second kappa shape index (κ2) is 3.93. The van der Waals surface area contributed by atoms with Gasteiger partial charge >= 0.3 is 5.97 Å². The highest BCUT2D eigenvalue weighted by Crippen LogP contribution is 2.34. The third kappa shape index (κ3) is 1.49. The van der Waals surface area contributed by atoms with Crippen LogP contribution in [0.4, 0.5) is 0 Å². The summed E-state index contributed by atoms with van der Waals surface area (Å²) in [7, 11) is 0. The van der Waals surface area contributed by atoms with Gasteiger partial charge in [-0.15, -0.1) is 11.3 Å². The number of hydrogen-bond donors (Lipinski definition) is 2. The number of carbonyl (C=O) groups is 1. The molecule has 1 fully saturated rings. The predicted octanol–water partition coefficient (Wildman–Crippen LogP) is 1.80. The number of aryl methyl sites for hydroxylation is 1. The van der Waals surface area contributed by atoms with E-state index in [-0.39, 0.29) is 13.2 Å². The third-order valence-electron chi connectivity index (χ3n) is 3.20. The lowest BCUT2D eigenvalue weighted by Crippen LogP contribution is -2.53. The molecule has 0 amide bonds. The van der Waals surface area contributed by atoms with Gasteiger partial charge in [0, 0.05) is 5.69 Å². The molecule has 94 valence electrons. The second-order valence-electron chi connectivity index (χ2n) is 4.42. The summed E-state index contributed by atoms with van der Waals surface area (Å²) < 4.78 is 5.06. The van der Waals surface area contributed by atoms with Gasteiger partial charge in [0.1, 0.15) is 11.5 Å². The average Bonchev–Trinajstić information content (AvgIpc) is 2.84. The van der Waals surface area contributed by atoms with Crippen LogP contribution < -0.4 is 0 Å². The Morgan fingerprint density at radius 1 is 1.61 bits per heavy atom. The van der Waals surface area contributed by atoms with Crippen molar-refractivity contribution in [2.24, 2.45) is 0 Å². The van der Waals surface area contributed by atoms with E-state index in [0.717, 1.165) is 16.3 Å². The van der Waals surface area contributed by atoms with Crippen molar-refractivity contribution in [3.05, 3.63) is 29.0 Å². The number of nitrogens with one attached hydrogen (secondary N) is 1. The van der Waals surface area contributed by atoms with Gasteiger partial charge in [-0.3, -0.25) is 4.79 Å². The van der Waals surface area contributed by atoms with E-state index in [9.17, 15) is 9.90 Å². The number of ether oxygens (including phenoxy) is 1. The van der Waals surface area contributed by atoms with Gasteiger partial charge in [-0.2, -0.15) is 0 Å². The Hall–Kier alpha value is -1.66. The molecular weight excluding hydrogens is 252 g/mol. The lowest BCUT2D eigenvalue weighted by Gasteiger charge is -2.35. The van der Waals surface area contributed by atoms with Gasteiger partial charge in [0.05, 0.1) is 18.1 Å². The summed E-state index contributed by atoms with van der Waals surface area (Å²) in [5, 5.41) is 11.3. The Balaban J connectivity index is 2.05. The second-order valence-corrected chi connectivity index (χ2v) is 5.36. The molecule has 5 nitrogen and oxygen atoms in total. The van der Waals surface area contributed by atoms with Crippen molar-refractivity contribution in [2.75, 3.05) is 13.2 Å². The summed E-state index contributed by atoms with van der Waals surface area (Å²) in [5.74, 6) is -0.401. The highest BCUT2D eigenvalue weighted by molar-refractivity contribution is 7.13. The lowest BCUT2D eigenvalue weighted by molar-refractivity contribution is -0.163. The Kier molecular flexibility index (Phi) is 2.49. The van der Waals surface area contributed by atoms with E-state index in [1.165, 1.54) is 0 Å². The number of aromatic amines is 1. The number of rotatable bonds is 3. The maximum atomic E-state index is 11.4. The van der Waals surface area contributed by atoms with E-state index >= 15 is 0 Å². The first kappa shape index (κ1) is 11.4. The number of aliphatic carboxylic acids is 1. The minimum atomic E-state index is -1.000. The zero-order valence-corrected chi connectivity index (χ0v) is 10.6. The van der Waals surface area contributed by atoms with Crippen LogP contribution in [0, 0.1) is 6.92 Å². The SMILES string of the molecule is Cc1[nH]c(C2(C(=O)O)COC2)nc1-c1cccs1. The van der Waals surface area contributed by atoms with Crippen molar-refractivity contribution in [1.29, 1.82) is 0 Å². The molecule has 2 aromatic heterocycles. The zero-order chi connectivity index (χ0) is 12.8. The Bertz CT molecular complexity index is 584. The van der Waals surface area contributed by atoms with E-state index in [2.05, 4.69) is 9.97 Å². The van der Waals surface area contributed by atoms with Crippen LogP contribution in [-0.2, 0) is 14.9 Å². The normalized spacial score (nSPS) is 17.4. The fourth-order valence-corrected chi connectivity index (χ4v) is 2.78. The molecule has 18 heavy (non-hydrogen) atoms. The summed E-state index contributed by atoms with van der Waals surface area (Å²) in [5.41, 5.74) is 0.716. The van der Waals surface area contributed by atoms with Gasteiger partial charge in [0.15, 0.2) is 5.41 Å². The summed E-state index contributed by atoms with van der Waals surface area (Å²) in [6.07, 6.45) is 0. The van der Waals surface area contributed by atoms with Crippen molar-refractivity contribution in [2.45, 2.75) is 12.3 Å². The molecular formula is C12H12N2O3S. The number of thiophene rings is 1. The first-order valence-electron chi connectivity index (χ1n) is 5.55. The van der Waals surface area contributed by atoms with Crippen LogP contribution in [-0.4, -0.2) is 34.3 Å². The number of H-pyrrole nitrogens is 1. The molecule has 3 rings (SSSR count). The summed E-state index contributed by atoms with van der Waals surface area (Å²) >= 11 is 1.59. The van der Waals surface area contributed by atoms with Crippen LogP contribution in [0.2, 0.25) is 0 Å². The van der Waals surface area contributed by atoms with Crippen LogP contribution in [0.25, 0.3) is 10.6 Å². The molecule has 6 heteroatoms. The molecule has 0 bridgehead atoms. The minimum absolute atomic E-state index is 0.180. The molecule has 0 spiro atoms. The predicted molar refractivity (Wildman–Crippen MR) is 66.8 cm³/mol. The van der Waals surface area contributed by atoms with Crippen LogP contribution in [0.5, 0.6) is 0 Å². The maximum absolute atomic E-state index is 11.4. The monoisotopic (exact) mass is 264 g/mol. The molecule has 0 atom stereocenters. The Labute approximate surface area is 107 Å². The first-order chi connectivity index (χ1) is 8.63. The highest BCUT2D eigenvalue weighted by atomic mass is 32.1. The molecule has 1 aliphatic heterocycles. The summed E-state index contributed by atoms with van der Waals surface area (Å²) in [4.78, 5) is 20.0. The van der Waals surface area contributed by atoms with Crippen molar-refractivity contribution in [3.8, 4) is 10.6 Å². The van der Waals surface area contributed by atoms with Crippen molar-refractivity contribution < 1.29 is 14.6 Å². The maximum Gasteiger partial charge on any atom is 0.322 e. The number of hydrogen-bond acceptors (Lipinski definition) is 4. The van der Waals surface area contributed by atoms with E-state index in [4.69, 9.17) is 4.74 Å². The smallest absolute Gasteiger partial charge is 0.322 e. The molecule has 3 heterocycles. The molecule has 0 radical (unpaired) electrons. The largest absolute Gasteiger partial charge is 0.480 e. The Morgan fingerprint density at radius 3 is 2.89 bits per heavy atom. The van der Waals surface area contributed by atoms with Gasteiger partial charge < -0.3 is 14.8 Å². The van der Waals surface area contributed by atoms with E-state index in [1.54, 1.807) is 11.3 Å². The van der Waals surface area contributed by atoms with Crippen LogP contribution in [0.3, 0.4) is 0 Å². The number of carboxylic acid groups (broad SMARTS) is 1. The van der Waals surface area contributed by atoms with Crippen LogP contribution >= 0.6 is 11.3 Å². The third-order valence-corrected chi connectivity index (χ3v) is 4.08. The number of carboxylic acids is 1. The summed E-state index contributed by atoms with van der Waals surface area (Å²) in [6, 6.07) is 3.93.